The second kappa shape index (κ2) is 7.45. The van der Waals surface area contributed by atoms with Crippen molar-refractivity contribution in [3.8, 4) is 0 Å². The Kier molecular flexibility index (Phi) is 6.36. The largest absolute Gasteiger partial charge is 0.349 e. The average molecular weight is 340 g/mol. The van der Waals surface area contributed by atoms with Crippen molar-refractivity contribution in [3.63, 3.8) is 0 Å². The van der Waals surface area contributed by atoms with Crippen molar-refractivity contribution in [1.29, 1.82) is 0 Å². The number of nitrogens with one attached hydrogen (secondary N) is 1. The molecule has 0 aliphatic rings. The van der Waals surface area contributed by atoms with E-state index in [1.807, 2.05) is 41.5 Å². The van der Waals surface area contributed by atoms with Crippen LogP contribution in [0.5, 0.6) is 0 Å². The minimum Gasteiger partial charge on any atom is -0.349 e. The number of carbonyl (C=O) groups is 1. The van der Waals surface area contributed by atoms with Crippen LogP contribution in [-0.2, 0) is 14.8 Å². The summed E-state index contributed by atoms with van der Waals surface area (Å²) in [4.78, 5) is 12.3. The van der Waals surface area contributed by atoms with Gasteiger partial charge in [-0.2, -0.15) is 4.31 Å². The summed E-state index contributed by atoms with van der Waals surface area (Å²) < 4.78 is 26.3. The van der Waals surface area contributed by atoms with Crippen LogP contribution >= 0.6 is 0 Å². The quantitative estimate of drug-likeness (QED) is 0.866. The maximum Gasteiger partial charge on any atom is 0.243 e. The number of hydrogen-bond acceptors (Lipinski definition) is 3. The van der Waals surface area contributed by atoms with Gasteiger partial charge in [0.2, 0.25) is 15.9 Å². The second-order valence-electron chi connectivity index (χ2n) is 6.60. The summed E-state index contributed by atoms with van der Waals surface area (Å²) in [5.74, 6) is -0.0372. The van der Waals surface area contributed by atoms with E-state index in [4.69, 9.17) is 0 Å². The van der Waals surface area contributed by atoms with Gasteiger partial charge in [-0.05, 0) is 24.6 Å². The fourth-order valence-corrected chi connectivity index (χ4v) is 3.60. The van der Waals surface area contributed by atoms with Crippen LogP contribution in [0.3, 0.4) is 0 Å². The van der Waals surface area contributed by atoms with Gasteiger partial charge in [0.1, 0.15) is 0 Å². The van der Waals surface area contributed by atoms with Gasteiger partial charge >= 0.3 is 0 Å². The third-order valence-corrected chi connectivity index (χ3v) is 5.82. The van der Waals surface area contributed by atoms with Crippen molar-refractivity contribution in [2.75, 3.05) is 13.1 Å². The molecule has 0 aliphatic heterocycles. The Balaban J connectivity index is 2.95. The molecule has 0 fully saturated rings. The maximum absolute atomic E-state index is 12.4. The van der Waals surface area contributed by atoms with Crippen molar-refractivity contribution >= 4 is 15.9 Å². The molecule has 1 unspecified atom stereocenters. The standard InChI is InChI=1S/C17H28N2O3S/c1-7-19(8-2)23(21,22)15-11-9-14(10-12-15)13(3)18-16(20)17(4,5)6/h9-13H,7-8H2,1-6H3,(H,18,20). The monoisotopic (exact) mass is 340 g/mol. The molecular formula is C17H28N2O3S. The van der Waals surface area contributed by atoms with Crippen LogP contribution in [0.2, 0.25) is 0 Å². The number of nitrogens with zero attached hydrogens (tertiary/aromatic N) is 1. The predicted molar refractivity (Wildman–Crippen MR) is 92.6 cm³/mol. The molecule has 1 atom stereocenters. The SMILES string of the molecule is CCN(CC)S(=O)(=O)c1ccc(C(C)NC(=O)C(C)(C)C)cc1. The van der Waals surface area contributed by atoms with Gasteiger partial charge < -0.3 is 5.32 Å². The first-order valence-corrected chi connectivity index (χ1v) is 9.39. The normalized spacial score (nSPS) is 13.9. The molecule has 0 saturated carbocycles. The zero-order valence-corrected chi connectivity index (χ0v) is 15.7. The molecule has 0 aliphatic carbocycles. The molecule has 0 aromatic heterocycles. The van der Waals surface area contributed by atoms with Crippen LogP contribution < -0.4 is 5.32 Å². The average Bonchev–Trinajstić information content (AvgIpc) is 2.47. The molecule has 0 heterocycles. The van der Waals surface area contributed by atoms with E-state index in [1.54, 1.807) is 24.3 Å². The molecule has 0 saturated heterocycles. The molecular weight excluding hydrogens is 312 g/mol. The van der Waals surface area contributed by atoms with E-state index in [9.17, 15) is 13.2 Å². The van der Waals surface area contributed by atoms with Gasteiger partial charge in [0.15, 0.2) is 0 Å². The summed E-state index contributed by atoms with van der Waals surface area (Å²) in [6, 6.07) is 6.53. The minimum atomic E-state index is -3.44. The van der Waals surface area contributed by atoms with Crippen molar-refractivity contribution < 1.29 is 13.2 Å². The number of rotatable bonds is 6. The zero-order valence-electron chi connectivity index (χ0n) is 14.9. The van der Waals surface area contributed by atoms with Crippen LogP contribution in [0.15, 0.2) is 29.2 Å². The van der Waals surface area contributed by atoms with Gasteiger partial charge in [-0.25, -0.2) is 8.42 Å². The third kappa shape index (κ3) is 4.78. The first kappa shape index (κ1) is 19.6. The topological polar surface area (TPSA) is 66.5 Å². The molecule has 0 radical (unpaired) electrons. The first-order chi connectivity index (χ1) is 10.5. The summed E-state index contributed by atoms with van der Waals surface area (Å²) in [5, 5.41) is 2.94. The Morgan fingerprint density at radius 3 is 2.00 bits per heavy atom. The fourth-order valence-electron chi connectivity index (χ4n) is 2.14. The van der Waals surface area contributed by atoms with Gasteiger partial charge in [0.05, 0.1) is 10.9 Å². The van der Waals surface area contributed by atoms with E-state index in [1.165, 1.54) is 4.31 Å². The Morgan fingerprint density at radius 1 is 1.13 bits per heavy atom. The van der Waals surface area contributed by atoms with Crippen molar-refractivity contribution in [2.24, 2.45) is 5.41 Å². The lowest BCUT2D eigenvalue weighted by Crippen LogP contribution is -2.36. The lowest BCUT2D eigenvalue weighted by molar-refractivity contribution is -0.129. The summed E-state index contributed by atoms with van der Waals surface area (Å²) in [6.45, 7) is 12.0. The second-order valence-corrected chi connectivity index (χ2v) is 8.54. The van der Waals surface area contributed by atoms with E-state index < -0.39 is 15.4 Å². The fraction of sp³-hybridized carbons (Fsp3) is 0.588. The summed E-state index contributed by atoms with van der Waals surface area (Å²) in [7, 11) is -3.44. The highest BCUT2D eigenvalue weighted by molar-refractivity contribution is 7.89. The van der Waals surface area contributed by atoms with E-state index >= 15 is 0 Å². The van der Waals surface area contributed by atoms with Crippen LogP contribution in [-0.4, -0.2) is 31.7 Å². The molecule has 1 N–H and O–H groups in total. The molecule has 1 rings (SSSR count). The Morgan fingerprint density at radius 2 is 1.61 bits per heavy atom. The van der Waals surface area contributed by atoms with Crippen LogP contribution in [0.25, 0.3) is 0 Å². The van der Waals surface area contributed by atoms with Crippen molar-refractivity contribution in [1.82, 2.24) is 9.62 Å². The predicted octanol–water partition coefficient (Wildman–Crippen LogP) is 2.94. The maximum atomic E-state index is 12.4. The molecule has 1 aromatic rings. The van der Waals surface area contributed by atoms with Crippen LogP contribution in [0, 0.1) is 5.41 Å². The van der Waals surface area contributed by atoms with Gasteiger partial charge in [-0.3, -0.25) is 4.79 Å². The molecule has 5 nitrogen and oxygen atoms in total. The Hall–Kier alpha value is -1.40. The summed E-state index contributed by atoms with van der Waals surface area (Å²) >= 11 is 0. The van der Waals surface area contributed by atoms with Crippen LogP contribution in [0.4, 0.5) is 0 Å². The number of benzene rings is 1. The van der Waals surface area contributed by atoms with Crippen LogP contribution in [0.1, 0.15) is 53.1 Å². The Labute approximate surface area is 140 Å². The van der Waals surface area contributed by atoms with E-state index in [0.29, 0.717) is 13.1 Å². The smallest absolute Gasteiger partial charge is 0.243 e. The van der Waals surface area contributed by atoms with Gasteiger partial charge in [0.25, 0.3) is 0 Å². The highest BCUT2D eigenvalue weighted by atomic mass is 32.2. The molecule has 0 bridgehead atoms. The molecule has 23 heavy (non-hydrogen) atoms. The van der Waals surface area contributed by atoms with E-state index in [-0.39, 0.29) is 16.8 Å². The van der Waals surface area contributed by atoms with Crippen molar-refractivity contribution in [2.45, 2.75) is 52.5 Å². The number of hydrogen-bond donors (Lipinski definition) is 1. The van der Waals surface area contributed by atoms with Crippen molar-refractivity contribution in [3.05, 3.63) is 29.8 Å². The number of sulfonamides is 1. The third-order valence-electron chi connectivity index (χ3n) is 3.75. The van der Waals surface area contributed by atoms with Gasteiger partial charge in [-0.15, -0.1) is 0 Å². The number of amides is 1. The van der Waals surface area contributed by atoms with Gasteiger partial charge in [-0.1, -0.05) is 46.8 Å². The molecule has 6 heteroatoms. The molecule has 130 valence electrons. The van der Waals surface area contributed by atoms with E-state index in [2.05, 4.69) is 5.32 Å². The highest BCUT2D eigenvalue weighted by Gasteiger charge is 2.24. The first-order valence-electron chi connectivity index (χ1n) is 7.95. The molecule has 1 amide bonds. The lowest BCUT2D eigenvalue weighted by atomic mass is 9.95. The molecule has 1 aromatic carbocycles. The highest BCUT2D eigenvalue weighted by Crippen LogP contribution is 2.21. The lowest BCUT2D eigenvalue weighted by Gasteiger charge is -2.22. The Bertz CT molecular complexity index is 627. The molecule has 0 spiro atoms. The van der Waals surface area contributed by atoms with Gasteiger partial charge in [0, 0.05) is 18.5 Å². The summed E-state index contributed by atoms with van der Waals surface area (Å²) in [6.07, 6.45) is 0. The van der Waals surface area contributed by atoms with E-state index in [0.717, 1.165) is 5.56 Å². The minimum absolute atomic E-state index is 0.0372. The summed E-state index contributed by atoms with van der Waals surface area (Å²) in [5.41, 5.74) is 0.418. The zero-order chi connectivity index (χ0) is 17.8. The number of carbonyl (C=O) groups excluding carboxylic acids is 1.